The predicted octanol–water partition coefficient (Wildman–Crippen LogP) is 4.42. The predicted molar refractivity (Wildman–Crippen MR) is 125 cm³/mol. The number of ether oxygens (including phenoxy) is 1. The fraction of sp³-hybridized carbons (Fsp3) is 0.280. The first-order valence-corrected chi connectivity index (χ1v) is 10.8. The average Bonchev–Trinajstić information content (AvgIpc) is 2.76. The van der Waals surface area contributed by atoms with Crippen molar-refractivity contribution in [2.75, 3.05) is 13.7 Å². The minimum atomic E-state index is -1.08. The highest BCUT2D eigenvalue weighted by Crippen LogP contribution is 2.38. The number of nitrogens with one attached hydrogen (secondary N) is 2. The number of carboxylic acids is 1. The van der Waals surface area contributed by atoms with E-state index in [9.17, 15) is 14.7 Å². The van der Waals surface area contributed by atoms with Gasteiger partial charge in [0, 0.05) is 28.5 Å². The standard InChI is InChI=1S/C25H27ClN2O4/c1-15-21(24(29)27-13-7-10-17-8-4-5-12-20(17)32-3)23(18-9-6-11-19(26)14-18)22(25(30)31)16(2)28-15/h4-6,8-9,11-12,14,23,28H,7,10,13H2,1-3H3,(H,27,29)(H,30,31). The van der Waals surface area contributed by atoms with Crippen molar-refractivity contribution in [3.8, 4) is 5.75 Å². The zero-order chi connectivity index (χ0) is 23.3. The number of aliphatic carboxylic acids is 1. The van der Waals surface area contributed by atoms with Crippen LogP contribution >= 0.6 is 11.6 Å². The molecule has 0 saturated carbocycles. The minimum absolute atomic E-state index is 0.136. The number of carbonyl (C=O) groups is 2. The van der Waals surface area contributed by atoms with Gasteiger partial charge < -0.3 is 20.5 Å². The number of carbonyl (C=O) groups excluding carboxylic acids is 1. The van der Waals surface area contributed by atoms with Crippen molar-refractivity contribution < 1.29 is 19.4 Å². The lowest BCUT2D eigenvalue weighted by atomic mass is 9.80. The molecule has 0 saturated heterocycles. The van der Waals surface area contributed by atoms with Gasteiger partial charge in [0.2, 0.25) is 5.91 Å². The highest BCUT2D eigenvalue weighted by molar-refractivity contribution is 6.30. The van der Waals surface area contributed by atoms with Crippen LogP contribution in [0.3, 0.4) is 0 Å². The second-order valence-electron chi connectivity index (χ2n) is 7.67. The zero-order valence-electron chi connectivity index (χ0n) is 18.4. The molecule has 168 valence electrons. The first-order valence-electron chi connectivity index (χ1n) is 10.4. The van der Waals surface area contributed by atoms with Gasteiger partial charge in [-0.25, -0.2) is 4.79 Å². The highest BCUT2D eigenvalue weighted by Gasteiger charge is 2.36. The second kappa shape index (κ2) is 10.4. The Bertz CT molecular complexity index is 1090. The van der Waals surface area contributed by atoms with E-state index in [4.69, 9.17) is 16.3 Å². The van der Waals surface area contributed by atoms with Gasteiger partial charge in [-0.05, 0) is 56.0 Å². The van der Waals surface area contributed by atoms with Crippen LogP contribution in [-0.2, 0) is 16.0 Å². The Hall–Kier alpha value is -3.25. The Morgan fingerprint density at radius 3 is 2.50 bits per heavy atom. The van der Waals surface area contributed by atoms with Gasteiger partial charge in [0.25, 0.3) is 0 Å². The van der Waals surface area contributed by atoms with E-state index in [0.717, 1.165) is 17.7 Å². The molecular formula is C25H27ClN2O4. The summed E-state index contributed by atoms with van der Waals surface area (Å²) >= 11 is 6.17. The third kappa shape index (κ3) is 5.14. The number of carboxylic acid groups (broad SMARTS) is 1. The van der Waals surface area contributed by atoms with Gasteiger partial charge in [0.15, 0.2) is 0 Å². The molecule has 2 aromatic rings. The summed E-state index contributed by atoms with van der Waals surface area (Å²) in [6, 6.07) is 14.8. The lowest BCUT2D eigenvalue weighted by molar-refractivity contribution is -0.133. The fourth-order valence-electron chi connectivity index (χ4n) is 4.08. The van der Waals surface area contributed by atoms with Crippen molar-refractivity contribution in [2.24, 2.45) is 0 Å². The van der Waals surface area contributed by atoms with Gasteiger partial charge in [-0.3, -0.25) is 4.79 Å². The normalized spacial score (nSPS) is 15.9. The molecule has 1 aliphatic heterocycles. The number of halogens is 1. The quantitative estimate of drug-likeness (QED) is 0.514. The molecule has 0 radical (unpaired) electrons. The van der Waals surface area contributed by atoms with Gasteiger partial charge in [0.1, 0.15) is 5.75 Å². The molecule has 3 rings (SSSR count). The molecule has 0 aliphatic carbocycles. The van der Waals surface area contributed by atoms with Crippen molar-refractivity contribution in [2.45, 2.75) is 32.6 Å². The summed E-state index contributed by atoms with van der Waals surface area (Å²) in [5.41, 5.74) is 3.38. The smallest absolute Gasteiger partial charge is 0.334 e. The maximum atomic E-state index is 13.2. The molecule has 1 amide bonds. The van der Waals surface area contributed by atoms with Crippen LogP contribution in [0, 0.1) is 0 Å². The van der Waals surface area contributed by atoms with Gasteiger partial charge >= 0.3 is 5.97 Å². The number of benzene rings is 2. The Labute approximate surface area is 192 Å². The molecule has 0 spiro atoms. The molecule has 0 fully saturated rings. The van der Waals surface area contributed by atoms with E-state index in [2.05, 4.69) is 10.6 Å². The van der Waals surface area contributed by atoms with Crippen molar-refractivity contribution in [3.05, 3.63) is 87.2 Å². The monoisotopic (exact) mass is 454 g/mol. The summed E-state index contributed by atoms with van der Waals surface area (Å²) in [5, 5.41) is 16.4. The Morgan fingerprint density at radius 1 is 1.09 bits per heavy atom. The summed E-state index contributed by atoms with van der Waals surface area (Å²) in [4.78, 5) is 25.3. The number of aryl methyl sites for hydroxylation is 1. The number of amides is 1. The summed E-state index contributed by atoms with van der Waals surface area (Å²) in [6.45, 7) is 3.93. The third-order valence-electron chi connectivity index (χ3n) is 5.52. The number of para-hydroxylation sites is 1. The van der Waals surface area contributed by atoms with Gasteiger partial charge in [-0.1, -0.05) is 41.9 Å². The molecule has 6 nitrogen and oxygen atoms in total. The van der Waals surface area contributed by atoms with Crippen LogP contribution in [0.2, 0.25) is 5.02 Å². The molecule has 1 unspecified atom stereocenters. The molecule has 1 heterocycles. The van der Waals surface area contributed by atoms with Crippen molar-refractivity contribution in [3.63, 3.8) is 0 Å². The summed E-state index contributed by atoms with van der Waals surface area (Å²) in [7, 11) is 1.64. The largest absolute Gasteiger partial charge is 0.496 e. The number of hydrogen-bond donors (Lipinski definition) is 3. The van der Waals surface area contributed by atoms with E-state index in [1.807, 2.05) is 24.3 Å². The van der Waals surface area contributed by atoms with Crippen molar-refractivity contribution in [1.82, 2.24) is 10.6 Å². The lowest BCUT2D eigenvalue weighted by Crippen LogP contribution is -2.36. The molecule has 0 aromatic heterocycles. The van der Waals surface area contributed by atoms with E-state index in [-0.39, 0.29) is 11.5 Å². The number of dihydropyridines is 1. The molecule has 1 aliphatic rings. The van der Waals surface area contributed by atoms with Crippen LogP contribution in [0.15, 0.2) is 71.1 Å². The Kier molecular flexibility index (Phi) is 7.59. The maximum absolute atomic E-state index is 13.2. The summed E-state index contributed by atoms with van der Waals surface area (Å²) in [6.07, 6.45) is 1.46. The van der Waals surface area contributed by atoms with Crippen LogP contribution < -0.4 is 15.4 Å². The van der Waals surface area contributed by atoms with E-state index >= 15 is 0 Å². The topological polar surface area (TPSA) is 87.7 Å². The molecule has 32 heavy (non-hydrogen) atoms. The number of allylic oxidation sites excluding steroid dienone is 2. The van der Waals surface area contributed by atoms with Gasteiger partial charge in [-0.15, -0.1) is 0 Å². The number of rotatable bonds is 8. The van der Waals surface area contributed by atoms with E-state index in [0.29, 0.717) is 40.5 Å². The summed E-state index contributed by atoms with van der Waals surface area (Å²) < 4.78 is 5.38. The highest BCUT2D eigenvalue weighted by atomic mass is 35.5. The molecule has 1 atom stereocenters. The first kappa shape index (κ1) is 23.4. The molecule has 7 heteroatoms. The molecule has 2 aromatic carbocycles. The zero-order valence-corrected chi connectivity index (χ0v) is 19.1. The van der Waals surface area contributed by atoms with Crippen LogP contribution in [0.25, 0.3) is 0 Å². The fourth-order valence-corrected chi connectivity index (χ4v) is 4.28. The number of hydrogen-bond acceptors (Lipinski definition) is 4. The lowest BCUT2D eigenvalue weighted by Gasteiger charge is -2.30. The van der Waals surface area contributed by atoms with Crippen LogP contribution in [0.1, 0.15) is 37.3 Å². The van der Waals surface area contributed by atoms with Crippen LogP contribution in [0.5, 0.6) is 5.75 Å². The summed E-state index contributed by atoms with van der Waals surface area (Å²) in [5.74, 6) is -1.27. The van der Waals surface area contributed by atoms with Crippen LogP contribution in [-0.4, -0.2) is 30.6 Å². The van der Waals surface area contributed by atoms with Crippen molar-refractivity contribution in [1.29, 1.82) is 0 Å². The van der Waals surface area contributed by atoms with Gasteiger partial charge in [0.05, 0.1) is 18.6 Å². The first-order chi connectivity index (χ1) is 15.3. The van der Waals surface area contributed by atoms with Gasteiger partial charge in [-0.2, -0.15) is 0 Å². The second-order valence-corrected chi connectivity index (χ2v) is 8.10. The van der Waals surface area contributed by atoms with E-state index in [1.54, 1.807) is 45.2 Å². The SMILES string of the molecule is COc1ccccc1CCCNC(=O)C1=C(C)NC(C)=C(C(=O)O)C1c1cccc(Cl)c1. The number of methoxy groups -OCH3 is 1. The maximum Gasteiger partial charge on any atom is 0.334 e. The molecular weight excluding hydrogens is 428 g/mol. The Morgan fingerprint density at radius 2 is 1.81 bits per heavy atom. The average molecular weight is 455 g/mol. The minimum Gasteiger partial charge on any atom is -0.496 e. The van der Waals surface area contributed by atoms with E-state index < -0.39 is 11.9 Å². The van der Waals surface area contributed by atoms with Crippen LogP contribution in [0.4, 0.5) is 0 Å². The van der Waals surface area contributed by atoms with Crippen molar-refractivity contribution >= 4 is 23.5 Å². The molecule has 0 bridgehead atoms. The Balaban J connectivity index is 1.79. The molecule has 3 N–H and O–H groups in total. The third-order valence-corrected chi connectivity index (χ3v) is 5.75. The van der Waals surface area contributed by atoms with E-state index in [1.165, 1.54) is 0 Å².